The molecule has 0 N–H and O–H groups in total. The fraction of sp³-hybridized carbons (Fsp3) is 0.474. The minimum atomic E-state index is 0.114. The molecule has 126 valence electrons. The fourth-order valence-corrected chi connectivity index (χ4v) is 3.56. The van der Waals surface area contributed by atoms with E-state index < -0.39 is 0 Å². The molecule has 0 bridgehead atoms. The van der Waals surface area contributed by atoms with Gasteiger partial charge in [-0.15, -0.1) is 0 Å². The number of anilines is 2. The van der Waals surface area contributed by atoms with Gasteiger partial charge in [-0.2, -0.15) is 0 Å². The number of hydrogen-bond donors (Lipinski definition) is 0. The van der Waals surface area contributed by atoms with Crippen molar-refractivity contribution < 1.29 is 0 Å². The Hall–Kier alpha value is -2.14. The topological polar surface area (TPSA) is 41.4 Å². The first-order valence-electron chi connectivity index (χ1n) is 8.77. The third kappa shape index (κ3) is 2.53. The molecule has 1 fully saturated rings. The van der Waals surface area contributed by atoms with E-state index in [1.807, 2.05) is 18.4 Å². The second-order valence-electron chi connectivity index (χ2n) is 6.93. The van der Waals surface area contributed by atoms with Crippen LogP contribution in [0.3, 0.4) is 0 Å². The number of nitrogens with zero attached hydrogens (tertiary/aromatic N) is 4. The lowest BCUT2D eigenvalue weighted by atomic mass is 10.2. The second kappa shape index (κ2) is 5.74. The van der Waals surface area contributed by atoms with Crippen LogP contribution in [0.1, 0.15) is 36.6 Å². The molecule has 1 aliphatic carbocycles. The van der Waals surface area contributed by atoms with Crippen molar-refractivity contribution in [1.82, 2.24) is 14.5 Å². The van der Waals surface area contributed by atoms with Crippen molar-refractivity contribution in [3.05, 3.63) is 51.4 Å². The van der Waals surface area contributed by atoms with Crippen LogP contribution in [0.25, 0.3) is 0 Å². The zero-order valence-corrected chi connectivity index (χ0v) is 14.6. The quantitative estimate of drug-likeness (QED) is 0.870. The van der Waals surface area contributed by atoms with Crippen LogP contribution >= 0.6 is 0 Å². The van der Waals surface area contributed by atoms with Crippen molar-refractivity contribution in [3.63, 3.8) is 0 Å². The summed E-state index contributed by atoms with van der Waals surface area (Å²) in [5.41, 5.74) is 4.12. The number of rotatable bonds is 3. The molecule has 2 aliphatic rings. The molecule has 1 aromatic carbocycles. The Bertz CT molecular complexity index is 838. The molecular formula is C19H24N4O. The highest BCUT2D eigenvalue weighted by molar-refractivity contribution is 5.59. The first-order valence-corrected chi connectivity index (χ1v) is 8.77. The van der Waals surface area contributed by atoms with Crippen LogP contribution in [0.4, 0.5) is 11.6 Å². The minimum absolute atomic E-state index is 0.114. The molecule has 0 amide bonds. The predicted octanol–water partition coefficient (Wildman–Crippen LogP) is 2.95. The van der Waals surface area contributed by atoms with Crippen molar-refractivity contribution >= 4 is 11.6 Å². The number of fused-ring (bicyclic) bond motifs is 1. The van der Waals surface area contributed by atoms with Crippen LogP contribution < -0.4 is 10.5 Å². The highest BCUT2D eigenvalue weighted by Gasteiger charge is 2.35. The van der Waals surface area contributed by atoms with Crippen LogP contribution in [0.15, 0.2) is 29.1 Å². The van der Waals surface area contributed by atoms with E-state index in [-0.39, 0.29) is 5.56 Å². The molecule has 0 spiro atoms. The maximum absolute atomic E-state index is 13.0. The number of aryl methyl sites for hydroxylation is 2. The molecule has 1 aromatic heterocycles. The van der Waals surface area contributed by atoms with Crippen molar-refractivity contribution in [2.75, 3.05) is 11.6 Å². The van der Waals surface area contributed by atoms with Gasteiger partial charge < -0.3 is 0 Å². The summed E-state index contributed by atoms with van der Waals surface area (Å²) in [7, 11) is 0. The summed E-state index contributed by atoms with van der Waals surface area (Å²) in [5, 5.41) is 0. The maximum Gasteiger partial charge on any atom is 0.259 e. The van der Waals surface area contributed by atoms with Crippen molar-refractivity contribution in [2.45, 2.75) is 52.7 Å². The Morgan fingerprint density at radius 1 is 1.21 bits per heavy atom. The largest absolute Gasteiger partial charge is 0.298 e. The fourth-order valence-electron chi connectivity index (χ4n) is 3.56. The minimum Gasteiger partial charge on any atom is -0.298 e. The van der Waals surface area contributed by atoms with Gasteiger partial charge in [0.05, 0.1) is 13.3 Å². The summed E-state index contributed by atoms with van der Waals surface area (Å²) in [6.07, 6.45) is 3.18. The zero-order valence-electron chi connectivity index (χ0n) is 14.6. The van der Waals surface area contributed by atoms with Crippen molar-refractivity contribution in [2.24, 2.45) is 0 Å². The summed E-state index contributed by atoms with van der Waals surface area (Å²) in [6, 6.07) is 9.02. The van der Waals surface area contributed by atoms with Gasteiger partial charge in [-0.3, -0.25) is 19.2 Å². The monoisotopic (exact) mass is 324 g/mol. The second-order valence-corrected chi connectivity index (χ2v) is 6.93. The van der Waals surface area contributed by atoms with E-state index in [4.69, 9.17) is 4.98 Å². The third-order valence-electron chi connectivity index (χ3n) is 5.07. The lowest BCUT2D eigenvalue weighted by molar-refractivity contribution is 0.188. The molecule has 24 heavy (non-hydrogen) atoms. The molecule has 0 unspecified atom stereocenters. The van der Waals surface area contributed by atoms with Gasteiger partial charge in [0.15, 0.2) is 0 Å². The predicted molar refractivity (Wildman–Crippen MR) is 95.7 cm³/mol. The Labute approximate surface area is 142 Å². The molecule has 0 atom stereocenters. The van der Waals surface area contributed by atoms with E-state index in [0.717, 1.165) is 36.0 Å². The van der Waals surface area contributed by atoms with E-state index in [1.165, 1.54) is 18.4 Å². The Morgan fingerprint density at radius 3 is 2.67 bits per heavy atom. The van der Waals surface area contributed by atoms with Crippen LogP contribution in [0, 0.1) is 13.8 Å². The zero-order chi connectivity index (χ0) is 16.8. The lowest BCUT2D eigenvalue weighted by Crippen LogP contribution is -2.48. The average Bonchev–Trinajstić information content (AvgIpc) is 3.39. The van der Waals surface area contributed by atoms with E-state index >= 15 is 0 Å². The summed E-state index contributed by atoms with van der Waals surface area (Å²) in [6.45, 7) is 7.52. The van der Waals surface area contributed by atoms with Gasteiger partial charge in [0.2, 0.25) is 5.95 Å². The van der Waals surface area contributed by atoms with Crippen molar-refractivity contribution in [1.29, 1.82) is 0 Å². The molecule has 1 aliphatic heterocycles. The lowest BCUT2D eigenvalue weighted by Gasteiger charge is -2.38. The molecule has 1 saturated carbocycles. The van der Waals surface area contributed by atoms with E-state index in [9.17, 15) is 4.79 Å². The molecule has 2 aromatic rings. The first kappa shape index (κ1) is 15.4. The molecule has 5 heteroatoms. The summed E-state index contributed by atoms with van der Waals surface area (Å²) < 4.78 is 1.86. The Morgan fingerprint density at radius 2 is 2.00 bits per heavy atom. The smallest absolute Gasteiger partial charge is 0.259 e. The van der Waals surface area contributed by atoms with Crippen LogP contribution in [0.2, 0.25) is 0 Å². The first-order chi connectivity index (χ1) is 11.6. The highest BCUT2D eigenvalue weighted by Crippen LogP contribution is 2.34. The standard InChI is InChI=1S/C19H24N4O/c1-4-17-14(3)20-19-22(16-7-5-6-13(2)10-16)11-21(15-8-9-15)12-23(19)18(17)24/h5-7,10,15H,4,8-9,11-12H2,1-3H3. The van der Waals surface area contributed by atoms with Gasteiger partial charge in [0, 0.05) is 23.0 Å². The SMILES string of the molecule is CCc1c(C)nc2n(c1=O)CN(C1CC1)CN2c1cccc(C)c1. The van der Waals surface area contributed by atoms with Crippen molar-refractivity contribution in [3.8, 4) is 0 Å². The van der Waals surface area contributed by atoms with Gasteiger partial charge in [-0.1, -0.05) is 19.1 Å². The molecule has 5 nitrogen and oxygen atoms in total. The Kier molecular flexibility index (Phi) is 3.68. The molecule has 0 saturated heterocycles. The molecule has 0 radical (unpaired) electrons. The summed E-state index contributed by atoms with van der Waals surface area (Å²) in [5.74, 6) is 0.775. The molecule has 2 heterocycles. The van der Waals surface area contributed by atoms with Gasteiger partial charge >= 0.3 is 0 Å². The van der Waals surface area contributed by atoms with Gasteiger partial charge in [0.25, 0.3) is 5.56 Å². The average molecular weight is 324 g/mol. The van der Waals surface area contributed by atoms with Gasteiger partial charge in [-0.05, 0) is 50.8 Å². The van der Waals surface area contributed by atoms with E-state index in [2.05, 4.69) is 41.0 Å². The van der Waals surface area contributed by atoms with Crippen LogP contribution in [-0.4, -0.2) is 27.2 Å². The summed E-state index contributed by atoms with van der Waals surface area (Å²) >= 11 is 0. The third-order valence-corrected chi connectivity index (χ3v) is 5.07. The number of hydrogen-bond acceptors (Lipinski definition) is 4. The van der Waals surface area contributed by atoms with Crippen LogP contribution in [-0.2, 0) is 13.1 Å². The number of aromatic nitrogens is 2. The highest BCUT2D eigenvalue weighted by atomic mass is 16.1. The number of benzene rings is 1. The molecular weight excluding hydrogens is 300 g/mol. The normalized spacial score (nSPS) is 17.9. The molecule has 4 rings (SSSR count). The van der Waals surface area contributed by atoms with Gasteiger partial charge in [-0.25, -0.2) is 4.98 Å². The maximum atomic E-state index is 13.0. The summed E-state index contributed by atoms with van der Waals surface area (Å²) in [4.78, 5) is 22.4. The van der Waals surface area contributed by atoms with E-state index in [0.29, 0.717) is 12.7 Å². The van der Waals surface area contributed by atoms with E-state index in [1.54, 1.807) is 0 Å². The Balaban J connectivity index is 1.87. The van der Waals surface area contributed by atoms with Crippen LogP contribution in [0.5, 0.6) is 0 Å². The van der Waals surface area contributed by atoms with Gasteiger partial charge in [0.1, 0.15) is 0 Å².